The van der Waals surface area contributed by atoms with Crippen LogP contribution in [0.4, 0.5) is 0 Å². The molecule has 0 aromatic heterocycles. The highest BCUT2D eigenvalue weighted by molar-refractivity contribution is 5.91. The Morgan fingerprint density at radius 2 is 1.55 bits per heavy atom. The summed E-state index contributed by atoms with van der Waals surface area (Å²) in [5, 5.41) is 4.94. The van der Waals surface area contributed by atoms with Crippen molar-refractivity contribution in [2.24, 2.45) is 5.92 Å². The smallest absolute Gasteiger partial charge is 0.328 e. The van der Waals surface area contributed by atoms with Gasteiger partial charge in [-0.3, -0.25) is 14.4 Å². The maximum Gasteiger partial charge on any atom is 0.328 e. The van der Waals surface area contributed by atoms with E-state index < -0.39 is 29.9 Å². The Hall–Kier alpha value is -2.12. The van der Waals surface area contributed by atoms with Gasteiger partial charge in [0.15, 0.2) is 0 Å². The number of carbonyl (C=O) groups is 4. The number of nitrogens with one attached hydrogen (secondary N) is 2. The zero-order valence-electron chi connectivity index (χ0n) is 13.6. The molecule has 8 heteroatoms. The van der Waals surface area contributed by atoms with Crippen molar-refractivity contribution >= 4 is 23.8 Å². The highest BCUT2D eigenvalue weighted by atomic mass is 16.5. The number of hydrogen-bond donors (Lipinski definition) is 2. The minimum absolute atomic E-state index is 0.153. The quantitative estimate of drug-likeness (QED) is 0.598. The van der Waals surface area contributed by atoms with Crippen molar-refractivity contribution in [1.82, 2.24) is 10.6 Å². The first kappa shape index (κ1) is 19.9. The fourth-order valence-electron chi connectivity index (χ4n) is 1.81. The summed E-state index contributed by atoms with van der Waals surface area (Å²) in [6.07, 6.45) is 0.0565. The van der Waals surface area contributed by atoms with Gasteiger partial charge in [0.05, 0.1) is 20.6 Å². The van der Waals surface area contributed by atoms with Crippen molar-refractivity contribution in [1.29, 1.82) is 0 Å². The van der Waals surface area contributed by atoms with Gasteiger partial charge in [0.1, 0.15) is 12.1 Å². The molecule has 0 heterocycles. The number of esters is 2. The average Bonchev–Trinajstić information content (AvgIpc) is 2.43. The van der Waals surface area contributed by atoms with Crippen molar-refractivity contribution in [3.8, 4) is 0 Å². The van der Waals surface area contributed by atoms with E-state index in [-0.39, 0.29) is 18.2 Å². The fourth-order valence-corrected chi connectivity index (χ4v) is 1.81. The average molecular weight is 316 g/mol. The molecule has 0 saturated heterocycles. The van der Waals surface area contributed by atoms with Gasteiger partial charge >= 0.3 is 11.9 Å². The molecule has 2 amide bonds. The summed E-state index contributed by atoms with van der Waals surface area (Å²) in [5.41, 5.74) is 0. The van der Waals surface area contributed by atoms with E-state index >= 15 is 0 Å². The Kier molecular flexibility index (Phi) is 8.81. The predicted octanol–water partition coefficient (Wildman–Crippen LogP) is -0.242. The van der Waals surface area contributed by atoms with Gasteiger partial charge < -0.3 is 20.1 Å². The van der Waals surface area contributed by atoms with Crippen LogP contribution in [-0.2, 0) is 28.7 Å². The van der Waals surface area contributed by atoms with Crippen molar-refractivity contribution in [3.63, 3.8) is 0 Å². The lowest BCUT2D eigenvalue weighted by atomic mass is 10.0. The number of ether oxygens (including phenoxy) is 2. The Balaban J connectivity index is 4.96. The molecule has 0 aromatic carbocycles. The van der Waals surface area contributed by atoms with E-state index in [1.807, 2.05) is 13.8 Å². The molecule has 0 spiro atoms. The van der Waals surface area contributed by atoms with E-state index in [1.165, 1.54) is 14.0 Å². The van der Waals surface area contributed by atoms with E-state index in [1.54, 1.807) is 0 Å². The molecule has 2 atom stereocenters. The maximum atomic E-state index is 12.2. The Morgan fingerprint density at radius 3 is 1.95 bits per heavy atom. The van der Waals surface area contributed by atoms with Gasteiger partial charge in [-0.05, 0) is 12.3 Å². The molecule has 0 aliphatic rings. The molecular weight excluding hydrogens is 292 g/mol. The molecule has 0 aromatic rings. The molecule has 0 aliphatic heterocycles. The summed E-state index contributed by atoms with van der Waals surface area (Å²) in [7, 11) is 2.33. The SMILES string of the molecule is COC(=O)C[C@H](NC(=O)[C@H](CC(C)C)NC(C)=O)C(=O)OC. The minimum atomic E-state index is -1.16. The minimum Gasteiger partial charge on any atom is -0.469 e. The zero-order valence-corrected chi connectivity index (χ0v) is 13.6. The molecular formula is C14H24N2O6. The standard InChI is InChI=1S/C14H24N2O6/c1-8(2)6-10(15-9(3)17)13(19)16-11(14(20)22-5)7-12(18)21-4/h8,10-11H,6-7H2,1-5H3,(H,15,17)(H,16,19)/t10-,11-/m0/s1. The van der Waals surface area contributed by atoms with Gasteiger partial charge in [0.2, 0.25) is 11.8 Å². The summed E-state index contributed by atoms with van der Waals surface area (Å²) in [6, 6.07) is -1.95. The number of rotatable bonds is 8. The first-order valence-electron chi connectivity index (χ1n) is 6.93. The number of hydrogen-bond acceptors (Lipinski definition) is 6. The van der Waals surface area contributed by atoms with E-state index in [0.717, 1.165) is 7.11 Å². The summed E-state index contributed by atoms with van der Waals surface area (Å²) >= 11 is 0. The van der Waals surface area contributed by atoms with Crippen molar-refractivity contribution < 1.29 is 28.7 Å². The van der Waals surface area contributed by atoms with Crippen molar-refractivity contribution in [2.45, 2.75) is 45.7 Å². The number of amides is 2. The molecule has 0 bridgehead atoms. The highest BCUT2D eigenvalue weighted by Crippen LogP contribution is 2.06. The van der Waals surface area contributed by atoms with Crippen LogP contribution in [-0.4, -0.2) is 50.1 Å². The Bertz CT molecular complexity index is 422. The van der Waals surface area contributed by atoms with Gasteiger partial charge in [-0.15, -0.1) is 0 Å². The first-order chi connectivity index (χ1) is 10.2. The van der Waals surface area contributed by atoms with Crippen LogP contribution >= 0.6 is 0 Å². The van der Waals surface area contributed by atoms with Crippen molar-refractivity contribution in [2.75, 3.05) is 14.2 Å². The Morgan fingerprint density at radius 1 is 0.955 bits per heavy atom. The number of methoxy groups -OCH3 is 2. The molecule has 0 saturated carbocycles. The van der Waals surface area contributed by atoms with Crippen molar-refractivity contribution in [3.05, 3.63) is 0 Å². The summed E-state index contributed by atoms with van der Waals surface area (Å²) in [5.74, 6) is -2.17. The van der Waals surface area contributed by atoms with Crippen LogP contribution in [0.2, 0.25) is 0 Å². The molecule has 8 nitrogen and oxygen atoms in total. The van der Waals surface area contributed by atoms with Crippen LogP contribution < -0.4 is 10.6 Å². The Labute approximate surface area is 129 Å². The second-order valence-corrected chi connectivity index (χ2v) is 5.25. The normalized spacial score (nSPS) is 13.0. The van der Waals surface area contributed by atoms with Crippen LogP contribution in [0.3, 0.4) is 0 Å². The second-order valence-electron chi connectivity index (χ2n) is 5.25. The molecule has 2 N–H and O–H groups in total. The van der Waals surface area contributed by atoms with Crippen LogP contribution in [0.15, 0.2) is 0 Å². The lowest BCUT2D eigenvalue weighted by molar-refractivity contribution is -0.151. The van der Waals surface area contributed by atoms with E-state index in [4.69, 9.17) is 0 Å². The lowest BCUT2D eigenvalue weighted by Gasteiger charge is -2.22. The first-order valence-corrected chi connectivity index (χ1v) is 6.93. The number of carbonyl (C=O) groups excluding carboxylic acids is 4. The van der Waals surface area contributed by atoms with Gasteiger partial charge in [-0.25, -0.2) is 4.79 Å². The van der Waals surface area contributed by atoms with E-state index in [0.29, 0.717) is 6.42 Å². The molecule has 0 radical (unpaired) electrons. The summed E-state index contributed by atoms with van der Waals surface area (Å²) in [4.78, 5) is 46.3. The third kappa shape index (κ3) is 7.61. The van der Waals surface area contributed by atoms with Gasteiger partial charge in [0.25, 0.3) is 0 Å². The van der Waals surface area contributed by atoms with Crippen LogP contribution in [0, 0.1) is 5.92 Å². The maximum absolute atomic E-state index is 12.2. The van der Waals surface area contributed by atoms with Crippen LogP contribution in [0.25, 0.3) is 0 Å². The van der Waals surface area contributed by atoms with Gasteiger partial charge in [-0.1, -0.05) is 13.8 Å². The molecule has 126 valence electrons. The zero-order chi connectivity index (χ0) is 17.3. The molecule has 0 aliphatic carbocycles. The topological polar surface area (TPSA) is 111 Å². The molecule has 0 unspecified atom stereocenters. The lowest BCUT2D eigenvalue weighted by Crippen LogP contribution is -2.52. The fraction of sp³-hybridized carbons (Fsp3) is 0.714. The monoisotopic (exact) mass is 316 g/mol. The molecule has 22 heavy (non-hydrogen) atoms. The predicted molar refractivity (Wildman–Crippen MR) is 77.6 cm³/mol. The summed E-state index contributed by atoms with van der Waals surface area (Å²) < 4.78 is 9.03. The third-order valence-corrected chi connectivity index (χ3v) is 2.80. The third-order valence-electron chi connectivity index (χ3n) is 2.80. The van der Waals surface area contributed by atoms with Gasteiger partial charge in [-0.2, -0.15) is 0 Å². The van der Waals surface area contributed by atoms with E-state index in [2.05, 4.69) is 20.1 Å². The van der Waals surface area contributed by atoms with Crippen LogP contribution in [0.1, 0.15) is 33.6 Å². The molecule has 0 rings (SSSR count). The largest absolute Gasteiger partial charge is 0.469 e. The van der Waals surface area contributed by atoms with Crippen LogP contribution in [0.5, 0.6) is 0 Å². The summed E-state index contributed by atoms with van der Waals surface area (Å²) in [6.45, 7) is 5.09. The second kappa shape index (κ2) is 9.75. The van der Waals surface area contributed by atoms with E-state index in [9.17, 15) is 19.2 Å². The molecule has 0 fully saturated rings. The van der Waals surface area contributed by atoms with Gasteiger partial charge in [0, 0.05) is 6.92 Å². The highest BCUT2D eigenvalue weighted by Gasteiger charge is 2.29.